The first-order valence-corrected chi connectivity index (χ1v) is 10.8. The van der Waals surface area contributed by atoms with Crippen molar-refractivity contribution in [2.75, 3.05) is 25.0 Å². The monoisotopic (exact) mass is 460 g/mol. The van der Waals surface area contributed by atoms with Gasteiger partial charge in [-0.15, -0.1) is 12.4 Å². The van der Waals surface area contributed by atoms with Crippen LogP contribution < -0.4 is 10.9 Å². The van der Waals surface area contributed by atoms with Crippen LogP contribution in [-0.4, -0.2) is 40.6 Å². The highest BCUT2D eigenvalue weighted by atomic mass is 35.5. The first-order chi connectivity index (χ1) is 14.6. The SMILES string of the molecule is Cl.O=C(CCCCN1CCCC1)Nc1cc(-c2n[nH]c(=O)c3ccccc23)ccc1Cl. The van der Waals surface area contributed by atoms with Gasteiger partial charge < -0.3 is 10.2 Å². The number of anilines is 1. The van der Waals surface area contributed by atoms with Gasteiger partial charge >= 0.3 is 0 Å². The van der Waals surface area contributed by atoms with E-state index in [0.717, 1.165) is 30.3 Å². The van der Waals surface area contributed by atoms with Crippen LogP contribution in [0.3, 0.4) is 0 Å². The molecule has 2 N–H and O–H groups in total. The molecule has 0 atom stereocenters. The molecule has 2 heterocycles. The lowest BCUT2D eigenvalue weighted by Gasteiger charge is -2.14. The van der Waals surface area contributed by atoms with Crippen LogP contribution in [0.25, 0.3) is 22.0 Å². The zero-order valence-electron chi connectivity index (χ0n) is 17.2. The van der Waals surface area contributed by atoms with Crippen LogP contribution in [0.1, 0.15) is 32.1 Å². The maximum atomic E-state index is 12.4. The molecule has 0 saturated carbocycles. The molecule has 1 saturated heterocycles. The molecule has 0 unspecified atom stereocenters. The minimum atomic E-state index is -0.231. The summed E-state index contributed by atoms with van der Waals surface area (Å²) in [6, 6.07) is 12.7. The lowest BCUT2D eigenvalue weighted by molar-refractivity contribution is -0.116. The average molecular weight is 461 g/mol. The molecule has 8 heteroatoms. The number of unbranched alkanes of at least 4 members (excludes halogenated alkanes) is 1. The maximum absolute atomic E-state index is 12.4. The molecule has 164 valence electrons. The van der Waals surface area contributed by atoms with Gasteiger partial charge in [0.05, 0.1) is 21.8 Å². The third-order valence-corrected chi connectivity index (χ3v) is 5.87. The Morgan fingerprint density at radius 1 is 1.10 bits per heavy atom. The largest absolute Gasteiger partial charge is 0.325 e. The van der Waals surface area contributed by atoms with E-state index in [9.17, 15) is 9.59 Å². The molecular formula is C23H26Cl2N4O2. The number of carbonyl (C=O) groups excluding carboxylic acids is 1. The Morgan fingerprint density at radius 2 is 1.84 bits per heavy atom. The second-order valence-corrected chi connectivity index (χ2v) is 8.10. The molecule has 1 amide bonds. The Labute approximate surface area is 192 Å². The van der Waals surface area contributed by atoms with Gasteiger partial charge in [-0.2, -0.15) is 5.10 Å². The van der Waals surface area contributed by atoms with E-state index >= 15 is 0 Å². The molecule has 0 spiro atoms. The molecule has 4 rings (SSSR count). The lowest BCUT2D eigenvalue weighted by Crippen LogP contribution is -2.20. The normalized spacial score (nSPS) is 13.8. The van der Waals surface area contributed by atoms with Gasteiger partial charge in [0.1, 0.15) is 0 Å². The topological polar surface area (TPSA) is 78.1 Å². The van der Waals surface area contributed by atoms with Gasteiger partial charge in [0.2, 0.25) is 5.91 Å². The number of aromatic amines is 1. The van der Waals surface area contributed by atoms with E-state index in [1.54, 1.807) is 18.2 Å². The molecule has 6 nitrogen and oxygen atoms in total. The fraction of sp³-hybridized carbons (Fsp3) is 0.348. The second kappa shape index (κ2) is 10.8. The smallest absolute Gasteiger partial charge is 0.272 e. The Bertz CT molecular complexity index is 1110. The average Bonchev–Trinajstić information content (AvgIpc) is 3.27. The van der Waals surface area contributed by atoms with Crippen LogP contribution in [-0.2, 0) is 4.79 Å². The van der Waals surface area contributed by atoms with E-state index in [0.29, 0.717) is 28.2 Å². The predicted molar refractivity (Wildman–Crippen MR) is 128 cm³/mol. The maximum Gasteiger partial charge on any atom is 0.272 e. The summed E-state index contributed by atoms with van der Waals surface area (Å²) in [7, 11) is 0. The Balaban J connectivity index is 0.00000272. The summed E-state index contributed by atoms with van der Waals surface area (Å²) in [5.41, 5.74) is 1.74. The van der Waals surface area contributed by atoms with Gasteiger partial charge in [0, 0.05) is 17.4 Å². The van der Waals surface area contributed by atoms with Gasteiger partial charge in [-0.25, -0.2) is 5.10 Å². The van der Waals surface area contributed by atoms with E-state index < -0.39 is 0 Å². The van der Waals surface area contributed by atoms with Gasteiger partial charge in [-0.05, 0) is 63.5 Å². The minimum Gasteiger partial charge on any atom is -0.325 e. The van der Waals surface area contributed by atoms with Crippen LogP contribution in [0.2, 0.25) is 5.02 Å². The molecule has 2 aromatic carbocycles. The lowest BCUT2D eigenvalue weighted by atomic mass is 10.0. The van der Waals surface area contributed by atoms with Crippen molar-refractivity contribution in [3.05, 3.63) is 57.8 Å². The standard InChI is InChI=1S/C23H25ClN4O2.ClH/c24-19-11-10-16(22-17-7-1-2-8-18(17)23(30)27-26-22)15-20(19)25-21(29)9-3-4-12-28-13-5-6-14-28;/h1-2,7-8,10-11,15H,3-6,9,12-14H2,(H,25,29)(H,27,30);1H. The van der Waals surface area contributed by atoms with Crippen molar-refractivity contribution in [1.29, 1.82) is 0 Å². The number of carbonyl (C=O) groups is 1. The molecule has 1 aliphatic heterocycles. The van der Waals surface area contributed by atoms with E-state index in [-0.39, 0.29) is 23.9 Å². The predicted octanol–water partition coefficient (Wildman–Crippen LogP) is 4.87. The second-order valence-electron chi connectivity index (χ2n) is 7.70. The fourth-order valence-corrected chi connectivity index (χ4v) is 4.11. The van der Waals surface area contributed by atoms with E-state index in [2.05, 4.69) is 20.4 Å². The van der Waals surface area contributed by atoms with Crippen LogP contribution in [0, 0.1) is 0 Å². The molecule has 1 aromatic heterocycles. The number of hydrogen-bond acceptors (Lipinski definition) is 4. The summed E-state index contributed by atoms with van der Waals surface area (Å²) in [6.07, 6.45) is 4.91. The van der Waals surface area contributed by atoms with Crippen LogP contribution in [0.15, 0.2) is 47.3 Å². The van der Waals surface area contributed by atoms with Crippen LogP contribution in [0.5, 0.6) is 0 Å². The van der Waals surface area contributed by atoms with Crippen LogP contribution >= 0.6 is 24.0 Å². The first kappa shape index (κ1) is 23.3. The van der Waals surface area contributed by atoms with Gasteiger partial charge in [-0.1, -0.05) is 35.9 Å². The Morgan fingerprint density at radius 3 is 2.61 bits per heavy atom. The van der Waals surface area contributed by atoms with Crippen molar-refractivity contribution in [3.63, 3.8) is 0 Å². The van der Waals surface area contributed by atoms with Gasteiger partial charge in [0.25, 0.3) is 5.56 Å². The molecule has 0 aliphatic carbocycles. The number of nitrogens with zero attached hydrogens (tertiary/aromatic N) is 2. The number of likely N-dealkylation sites (tertiary alicyclic amines) is 1. The highest BCUT2D eigenvalue weighted by Crippen LogP contribution is 2.30. The summed E-state index contributed by atoms with van der Waals surface area (Å²) >= 11 is 6.32. The number of benzene rings is 2. The Hall–Kier alpha value is -2.41. The molecule has 1 aliphatic rings. The number of hydrogen-bond donors (Lipinski definition) is 2. The van der Waals surface area contributed by atoms with Crippen molar-refractivity contribution in [3.8, 4) is 11.3 Å². The van der Waals surface area contributed by atoms with Crippen LogP contribution in [0.4, 0.5) is 5.69 Å². The number of rotatable bonds is 7. The number of nitrogens with one attached hydrogen (secondary N) is 2. The van der Waals surface area contributed by atoms with Crippen molar-refractivity contribution in [2.24, 2.45) is 0 Å². The summed E-state index contributed by atoms with van der Waals surface area (Å²) in [5, 5.41) is 11.5. The van der Waals surface area contributed by atoms with Gasteiger partial charge in [0.15, 0.2) is 0 Å². The minimum absolute atomic E-state index is 0. The number of H-pyrrole nitrogens is 1. The summed E-state index contributed by atoms with van der Waals surface area (Å²) in [6.45, 7) is 3.43. The summed E-state index contributed by atoms with van der Waals surface area (Å²) in [5.74, 6) is -0.0465. The molecule has 1 fully saturated rings. The third kappa shape index (κ3) is 5.64. The number of fused-ring (bicyclic) bond motifs is 1. The molecule has 0 radical (unpaired) electrons. The van der Waals surface area contributed by atoms with Crippen molar-refractivity contribution in [2.45, 2.75) is 32.1 Å². The summed E-state index contributed by atoms with van der Waals surface area (Å²) in [4.78, 5) is 26.9. The van der Waals surface area contributed by atoms with Gasteiger partial charge in [-0.3, -0.25) is 9.59 Å². The van der Waals surface area contributed by atoms with E-state index in [4.69, 9.17) is 11.6 Å². The number of aromatic nitrogens is 2. The third-order valence-electron chi connectivity index (χ3n) is 5.54. The van der Waals surface area contributed by atoms with Crippen molar-refractivity contribution >= 4 is 46.4 Å². The molecule has 31 heavy (non-hydrogen) atoms. The number of amides is 1. The molecule has 3 aromatic rings. The highest BCUT2D eigenvalue weighted by molar-refractivity contribution is 6.33. The zero-order chi connectivity index (χ0) is 20.9. The van der Waals surface area contributed by atoms with Crippen molar-refractivity contribution in [1.82, 2.24) is 15.1 Å². The Kier molecular flexibility index (Phi) is 8.07. The van der Waals surface area contributed by atoms with Crippen molar-refractivity contribution < 1.29 is 4.79 Å². The summed E-state index contributed by atoms with van der Waals surface area (Å²) < 4.78 is 0. The number of halogens is 2. The van der Waals surface area contributed by atoms with E-state index in [1.165, 1.54) is 25.9 Å². The quantitative estimate of drug-likeness (QED) is 0.492. The highest BCUT2D eigenvalue weighted by Gasteiger charge is 2.13. The molecular weight excluding hydrogens is 435 g/mol. The zero-order valence-corrected chi connectivity index (χ0v) is 18.8. The molecule has 0 bridgehead atoms. The van der Waals surface area contributed by atoms with E-state index in [1.807, 2.05) is 24.3 Å². The first-order valence-electron chi connectivity index (χ1n) is 10.4. The fourth-order valence-electron chi connectivity index (χ4n) is 3.94.